The fraction of sp³-hybridized carbons (Fsp3) is 0.286. The zero-order valence-electron chi connectivity index (χ0n) is 16.9. The van der Waals surface area contributed by atoms with E-state index in [-0.39, 0.29) is 17.0 Å². The van der Waals surface area contributed by atoms with E-state index in [1.807, 2.05) is 4.90 Å². The summed E-state index contributed by atoms with van der Waals surface area (Å²) in [7, 11) is 0. The van der Waals surface area contributed by atoms with Crippen LogP contribution in [0.4, 0.5) is 24.7 Å². The minimum absolute atomic E-state index is 0.144. The van der Waals surface area contributed by atoms with E-state index in [0.29, 0.717) is 23.0 Å². The average Bonchev–Trinajstić information content (AvgIpc) is 3.36. The van der Waals surface area contributed by atoms with Crippen LogP contribution in [0.25, 0.3) is 11.3 Å². The predicted octanol–water partition coefficient (Wildman–Crippen LogP) is 4.88. The maximum atomic E-state index is 14.3. The fourth-order valence-electron chi connectivity index (χ4n) is 3.55. The summed E-state index contributed by atoms with van der Waals surface area (Å²) in [6, 6.07) is 6.81. The molecule has 0 bridgehead atoms. The van der Waals surface area contributed by atoms with Gasteiger partial charge in [0.1, 0.15) is 17.3 Å². The van der Waals surface area contributed by atoms with Gasteiger partial charge >= 0.3 is 5.57 Å². The number of ether oxygens (including phenoxy) is 1. The molecule has 0 radical (unpaired) electrons. The highest BCUT2D eigenvalue weighted by atomic mass is 35.5. The van der Waals surface area contributed by atoms with Crippen molar-refractivity contribution in [3.8, 4) is 17.0 Å². The van der Waals surface area contributed by atoms with Gasteiger partial charge in [0.05, 0.1) is 11.8 Å². The first-order chi connectivity index (χ1) is 15.2. The van der Waals surface area contributed by atoms with Crippen molar-refractivity contribution in [3.63, 3.8) is 0 Å². The van der Waals surface area contributed by atoms with Gasteiger partial charge in [0.25, 0.3) is 5.91 Å². The molecule has 3 aromatic rings. The number of anilines is 2. The number of rotatable bonds is 6. The van der Waals surface area contributed by atoms with Crippen LogP contribution in [-0.4, -0.2) is 39.7 Å². The number of H-pyrrole nitrogens is 1. The molecular weight excluding hydrogens is 447 g/mol. The van der Waals surface area contributed by atoms with Crippen molar-refractivity contribution in [2.75, 3.05) is 23.3 Å². The number of alkyl halides is 3. The van der Waals surface area contributed by atoms with Crippen LogP contribution < -0.4 is 15.0 Å². The van der Waals surface area contributed by atoms with Gasteiger partial charge in [0.15, 0.2) is 5.82 Å². The second-order valence-electron chi connectivity index (χ2n) is 7.55. The second-order valence-corrected chi connectivity index (χ2v) is 7.99. The normalized spacial score (nSPS) is 16.3. The molecule has 2 aromatic heterocycles. The average molecular weight is 466 g/mol. The van der Waals surface area contributed by atoms with E-state index in [1.54, 1.807) is 6.07 Å². The van der Waals surface area contributed by atoms with E-state index in [0.717, 1.165) is 25.7 Å². The number of pyridine rings is 1. The van der Waals surface area contributed by atoms with Gasteiger partial charge in [-0.1, -0.05) is 6.92 Å². The van der Waals surface area contributed by atoms with E-state index >= 15 is 0 Å². The number of benzene rings is 1. The Morgan fingerprint density at radius 1 is 1.31 bits per heavy atom. The molecular formula is C21H19ClF3N5O2. The number of nitrogens with zero attached hydrogens (tertiary/aromatic N) is 3. The van der Waals surface area contributed by atoms with Crippen molar-refractivity contribution in [2.45, 2.75) is 18.9 Å². The molecule has 1 aliphatic heterocycles. The lowest BCUT2D eigenvalue weighted by molar-refractivity contribution is -0.0964. The molecule has 0 aliphatic carbocycles. The first kappa shape index (κ1) is 21.9. The summed E-state index contributed by atoms with van der Waals surface area (Å²) in [5, 5.41) is 9.01. The largest absolute Gasteiger partial charge is 0.487 e. The summed E-state index contributed by atoms with van der Waals surface area (Å²) < 4.78 is 44.0. The van der Waals surface area contributed by atoms with E-state index in [9.17, 15) is 18.0 Å². The first-order valence-corrected chi connectivity index (χ1v) is 10.2. The summed E-state index contributed by atoms with van der Waals surface area (Å²) >= 11 is 4.74. The minimum atomic E-state index is -3.83. The van der Waals surface area contributed by atoms with Crippen molar-refractivity contribution in [1.82, 2.24) is 15.2 Å². The summed E-state index contributed by atoms with van der Waals surface area (Å²) in [6.45, 7) is 3.68. The summed E-state index contributed by atoms with van der Waals surface area (Å²) in [5.41, 5.74) is -2.73. The highest BCUT2D eigenvalue weighted by molar-refractivity contribution is 6.20. The van der Waals surface area contributed by atoms with Crippen molar-refractivity contribution >= 4 is 29.0 Å². The third-order valence-corrected chi connectivity index (χ3v) is 5.14. The smallest absolute Gasteiger partial charge is 0.420 e. The lowest BCUT2D eigenvalue weighted by Crippen LogP contribution is -2.22. The van der Waals surface area contributed by atoms with Gasteiger partial charge in [0, 0.05) is 42.1 Å². The molecule has 1 fully saturated rings. The van der Waals surface area contributed by atoms with Crippen LogP contribution in [0.1, 0.15) is 23.7 Å². The number of aromatic nitrogens is 3. The quantitative estimate of drug-likeness (QED) is 0.507. The van der Waals surface area contributed by atoms with Crippen molar-refractivity contribution < 1.29 is 22.7 Å². The Labute approximate surface area is 186 Å². The van der Waals surface area contributed by atoms with Crippen LogP contribution in [0.3, 0.4) is 0 Å². The maximum absolute atomic E-state index is 14.3. The zero-order chi connectivity index (χ0) is 22.9. The van der Waals surface area contributed by atoms with E-state index < -0.39 is 17.3 Å². The van der Waals surface area contributed by atoms with Crippen LogP contribution >= 0.6 is 11.6 Å². The number of amides is 1. The fourth-order valence-corrected chi connectivity index (χ4v) is 3.64. The topological polar surface area (TPSA) is 83.1 Å². The third-order valence-electron chi connectivity index (χ3n) is 5.06. The van der Waals surface area contributed by atoms with Gasteiger partial charge in [-0.3, -0.25) is 9.89 Å². The van der Waals surface area contributed by atoms with E-state index in [2.05, 4.69) is 32.2 Å². The monoisotopic (exact) mass is 465 g/mol. The second kappa shape index (κ2) is 8.70. The molecule has 32 heavy (non-hydrogen) atoms. The first-order valence-electron chi connectivity index (χ1n) is 9.81. The molecule has 7 nitrogen and oxygen atoms in total. The lowest BCUT2D eigenvalue weighted by Gasteiger charge is -2.20. The van der Waals surface area contributed by atoms with Gasteiger partial charge in [-0.15, -0.1) is 8.78 Å². The molecule has 2 N–H and O–H groups in total. The van der Waals surface area contributed by atoms with Crippen LogP contribution in [-0.2, 0) is 0 Å². The predicted molar refractivity (Wildman–Crippen MR) is 114 cm³/mol. The van der Waals surface area contributed by atoms with Crippen molar-refractivity contribution in [1.29, 1.82) is 0 Å². The molecule has 11 heteroatoms. The summed E-state index contributed by atoms with van der Waals surface area (Å²) in [5.74, 6) is -0.172. The van der Waals surface area contributed by atoms with Crippen molar-refractivity contribution in [3.05, 3.63) is 54.1 Å². The van der Waals surface area contributed by atoms with Crippen LogP contribution in [0.2, 0.25) is 0 Å². The molecule has 1 atom stereocenters. The molecule has 1 saturated heterocycles. The standard InChI is InChI=1S/C21H19ClF3N5O2/c1-12-6-7-30(11-12)19-16(18-17(23)10-27-29-18)8-13(9-26-19)20(31)28-14-2-4-15(5-3-14)32-21(22,24)25/h2-5,8-10,12H,6-7,11H2,1H3,(H,27,29)(H,28,31)/t12-/m0/s1. The molecule has 0 unspecified atom stereocenters. The maximum Gasteiger partial charge on any atom is 0.487 e. The molecule has 0 spiro atoms. The Hall–Kier alpha value is -3.27. The summed E-state index contributed by atoms with van der Waals surface area (Å²) in [4.78, 5) is 19.3. The number of carbonyl (C=O) groups is 1. The third kappa shape index (κ3) is 4.96. The number of hydrogen-bond donors (Lipinski definition) is 2. The van der Waals surface area contributed by atoms with Gasteiger partial charge < -0.3 is 15.0 Å². The highest BCUT2D eigenvalue weighted by Gasteiger charge is 2.28. The molecule has 1 amide bonds. The highest BCUT2D eigenvalue weighted by Crippen LogP contribution is 2.33. The Morgan fingerprint density at radius 3 is 2.66 bits per heavy atom. The minimum Gasteiger partial charge on any atom is -0.420 e. The molecule has 1 aliphatic rings. The Morgan fingerprint density at radius 2 is 2.06 bits per heavy atom. The number of aromatic amines is 1. The Kier molecular flexibility index (Phi) is 5.96. The van der Waals surface area contributed by atoms with Crippen LogP contribution in [0.15, 0.2) is 42.7 Å². The van der Waals surface area contributed by atoms with Crippen LogP contribution in [0.5, 0.6) is 5.75 Å². The van der Waals surface area contributed by atoms with Gasteiger partial charge in [0.2, 0.25) is 0 Å². The van der Waals surface area contributed by atoms with Crippen molar-refractivity contribution in [2.24, 2.45) is 5.92 Å². The number of nitrogens with one attached hydrogen (secondary N) is 2. The SMILES string of the molecule is C[C@H]1CCN(c2ncc(C(=O)Nc3ccc(OC(F)(F)Cl)cc3)cc2-c2[nH]ncc2F)C1. The molecule has 168 valence electrons. The zero-order valence-corrected chi connectivity index (χ0v) is 17.7. The van der Waals surface area contributed by atoms with E-state index in [4.69, 9.17) is 11.6 Å². The lowest BCUT2D eigenvalue weighted by atomic mass is 10.1. The Bertz CT molecular complexity index is 1120. The number of hydrogen-bond acceptors (Lipinski definition) is 5. The number of carbonyl (C=O) groups excluding carboxylic acids is 1. The number of halogens is 4. The molecule has 3 heterocycles. The summed E-state index contributed by atoms with van der Waals surface area (Å²) in [6.07, 6.45) is 3.47. The Balaban J connectivity index is 1.58. The van der Waals surface area contributed by atoms with Crippen LogP contribution in [0, 0.1) is 11.7 Å². The molecule has 4 rings (SSSR count). The van der Waals surface area contributed by atoms with Gasteiger partial charge in [-0.05, 0) is 42.7 Å². The van der Waals surface area contributed by atoms with E-state index in [1.165, 1.54) is 30.5 Å². The molecule has 0 saturated carbocycles. The molecule has 1 aromatic carbocycles. The van der Waals surface area contributed by atoms with Gasteiger partial charge in [-0.2, -0.15) is 5.10 Å². The van der Waals surface area contributed by atoms with Gasteiger partial charge in [-0.25, -0.2) is 9.37 Å².